The second kappa shape index (κ2) is 7.15. The van der Waals surface area contributed by atoms with Crippen molar-refractivity contribution in [1.29, 1.82) is 0 Å². The van der Waals surface area contributed by atoms with E-state index < -0.39 is 0 Å². The number of benzene rings is 1. The highest BCUT2D eigenvalue weighted by Crippen LogP contribution is 2.30. The monoisotopic (exact) mass is 434 g/mol. The number of aromatic nitrogens is 3. The Morgan fingerprint density at radius 3 is 2.60 bits per heavy atom. The van der Waals surface area contributed by atoms with E-state index in [1.54, 1.807) is 11.3 Å². The van der Waals surface area contributed by atoms with Gasteiger partial charge in [-0.15, -0.1) is 28.3 Å². The Labute approximate surface area is 165 Å². The van der Waals surface area contributed by atoms with Gasteiger partial charge in [0.15, 0.2) is 5.13 Å². The molecule has 3 aromatic heterocycles. The molecule has 4 rings (SSSR count). The molecule has 0 aliphatic carbocycles. The van der Waals surface area contributed by atoms with Crippen LogP contribution >= 0.6 is 39.9 Å². The van der Waals surface area contributed by atoms with Crippen LogP contribution in [-0.4, -0.2) is 14.4 Å². The van der Waals surface area contributed by atoms with Crippen molar-refractivity contribution in [1.82, 2.24) is 14.4 Å². The van der Waals surface area contributed by atoms with Gasteiger partial charge in [0.2, 0.25) is 0 Å². The molecule has 0 bridgehead atoms. The number of fused-ring (bicyclic) bond motifs is 1. The molecule has 128 valence electrons. The number of rotatable bonds is 3. The van der Waals surface area contributed by atoms with Gasteiger partial charge in [-0.25, -0.2) is 9.97 Å². The molecule has 0 saturated carbocycles. The molecule has 0 unspecified atom stereocenters. The number of halogens is 2. The maximum absolute atomic E-state index is 5.92. The first-order valence-electron chi connectivity index (χ1n) is 7.54. The highest BCUT2D eigenvalue weighted by Gasteiger charge is 2.15. The topological polar surface area (TPSA) is 42.2 Å². The lowest BCUT2D eigenvalue weighted by Crippen LogP contribution is -1.92. The van der Waals surface area contributed by atoms with Gasteiger partial charge in [0.1, 0.15) is 11.3 Å². The number of nitrogens with zero attached hydrogens (tertiary/aromatic N) is 3. The largest absolute Gasteiger partial charge is 0.332 e. The van der Waals surface area contributed by atoms with Crippen LogP contribution in [0.1, 0.15) is 11.3 Å². The standard InChI is InChI=1S/C18H15ClN4S.BrH/c1-11-4-3-9-23-16(12(2)20-17(11)23)15-10-24-18(22-15)21-14-7-5-13(19)6-8-14;/h3-10H,1-2H3,(H,21,22);1H. The first kappa shape index (κ1) is 17.9. The molecule has 0 spiro atoms. The number of thiazole rings is 1. The summed E-state index contributed by atoms with van der Waals surface area (Å²) in [6.07, 6.45) is 2.03. The van der Waals surface area contributed by atoms with E-state index in [1.807, 2.05) is 43.5 Å². The van der Waals surface area contributed by atoms with Gasteiger partial charge >= 0.3 is 0 Å². The van der Waals surface area contributed by atoms with Gasteiger partial charge in [0.25, 0.3) is 0 Å². The first-order valence-corrected chi connectivity index (χ1v) is 8.80. The predicted octanol–water partition coefficient (Wildman–Crippen LogP) is 6.05. The van der Waals surface area contributed by atoms with Crippen molar-refractivity contribution >= 4 is 56.4 Å². The molecule has 0 fully saturated rings. The van der Waals surface area contributed by atoms with Crippen molar-refractivity contribution < 1.29 is 0 Å². The van der Waals surface area contributed by atoms with Crippen LogP contribution in [0.15, 0.2) is 48.0 Å². The van der Waals surface area contributed by atoms with Crippen molar-refractivity contribution in [3.63, 3.8) is 0 Å². The molecule has 0 saturated heterocycles. The van der Waals surface area contributed by atoms with E-state index in [2.05, 4.69) is 33.1 Å². The fourth-order valence-electron chi connectivity index (χ4n) is 2.72. The summed E-state index contributed by atoms with van der Waals surface area (Å²) in [7, 11) is 0. The molecule has 4 aromatic rings. The lowest BCUT2D eigenvalue weighted by atomic mass is 10.3. The van der Waals surface area contributed by atoms with Gasteiger partial charge in [0.05, 0.1) is 11.4 Å². The molecule has 7 heteroatoms. The zero-order valence-electron chi connectivity index (χ0n) is 13.7. The molecule has 1 aromatic carbocycles. The smallest absolute Gasteiger partial charge is 0.187 e. The molecule has 0 amide bonds. The molecular weight excluding hydrogens is 420 g/mol. The lowest BCUT2D eigenvalue weighted by molar-refractivity contribution is 1.15. The van der Waals surface area contributed by atoms with Crippen LogP contribution < -0.4 is 5.32 Å². The van der Waals surface area contributed by atoms with Gasteiger partial charge in [-0.1, -0.05) is 17.7 Å². The van der Waals surface area contributed by atoms with Gasteiger partial charge in [0, 0.05) is 22.3 Å². The summed E-state index contributed by atoms with van der Waals surface area (Å²) < 4.78 is 2.10. The maximum Gasteiger partial charge on any atom is 0.187 e. The Morgan fingerprint density at radius 1 is 1.08 bits per heavy atom. The van der Waals surface area contributed by atoms with Gasteiger partial charge in [-0.2, -0.15) is 0 Å². The molecule has 0 atom stereocenters. The third kappa shape index (κ3) is 3.42. The second-order valence-corrected chi connectivity index (χ2v) is 6.89. The Bertz CT molecular complexity index is 1020. The Kier molecular flexibility index (Phi) is 5.13. The fraction of sp³-hybridized carbons (Fsp3) is 0.111. The van der Waals surface area contributed by atoms with Gasteiger partial charge < -0.3 is 5.32 Å². The molecule has 0 radical (unpaired) electrons. The highest BCUT2D eigenvalue weighted by molar-refractivity contribution is 8.93. The average molecular weight is 436 g/mol. The summed E-state index contributed by atoms with van der Waals surface area (Å²) in [6.45, 7) is 4.09. The van der Waals surface area contributed by atoms with Crippen molar-refractivity contribution in [2.24, 2.45) is 0 Å². The molecule has 0 aliphatic rings. The number of pyridine rings is 1. The van der Waals surface area contributed by atoms with Crippen LogP contribution in [-0.2, 0) is 0 Å². The lowest BCUT2D eigenvalue weighted by Gasteiger charge is -2.03. The summed E-state index contributed by atoms with van der Waals surface area (Å²) in [5, 5.41) is 6.93. The molecular formula is C18H16BrClN4S. The van der Waals surface area contributed by atoms with E-state index >= 15 is 0 Å². The van der Waals surface area contributed by atoms with Gasteiger partial charge in [-0.3, -0.25) is 4.40 Å². The van der Waals surface area contributed by atoms with Crippen molar-refractivity contribution in [2.75, 3.05) is 5.32 Å². The second-order valence-electron chi connectivity index (χ2n) is 5.60. The van der Waals surface area contributed by atoms with Crippen LogP contribution in [0.3, 0.4) is 0 Å². The first-order chi connectivity index (χ1) is 11.6. The molecule has 25 heavy (non-hydrogen) atoms. The van der Waals surface area contributed by atoms with Crippen molar-refractivity contribution in [3.05, 3.63) is 64.3 Å². The van der Waals surface area contributed by atoms with E-state index in [-0.39, 0.29) is 17.0 Å². The van der Waals surface area contributed by atoms with Crippen molar-refractivity contribution in [2.45, 2.75) is 13.8 Å². The number of nitrogens with one attached hydrogen (secondary N) is 1. The number of imidazole rings is 1. The van der Waals surface area contributed by atoms with Crippen LogP contribution in [0.5, 0.6) is 0 Å². The molecule has 1 N–H and O–H groups in total. The quantitative estimate of drug-likeness (QED) is 0.426. The zero-order valence-corrected chi connectivity index (χ0v) is 16.9. The van der Waals surface area contributed by atoms with Crippen LogP contribution in [0.25, 0.3) is 17.0 Å². The Hall–Kier alpha value is -1.89. The highest BCUT2D eigenvalue weighted by atomic mass is 79.9. The average Bonchev–Trinajstić information content (AvgIpc) is 3.14. The summed E-state index contributed by atoms with van der Waals surface area (Å²) in [5.74, 6) is 0. The SMILES string of the molecule is Br.Cc1nc2c(C)cccn2c1-c1csc(Nc2ccc(Cl)cc2)n1. The summed E-state index contributed by atoms with van der Waals surface area (Å²) in [4.78, 5) is 9.41. The maximum atomic E-state index is 5.92. The molecule has 4 nitrogen and oxygen atoms in total. The minimum Gasteiger partial charge on any atom is -0.332 e. The summed E-state index contributed by atoms with van der Waals surface area (Å²) in [6, 6.07) is 11.7. The fourth-order valence-corrected chi connectivity index (χ4v) is 3.56. The summed E-state index contributed by atoms with van der Waals surface area (Å²) in [5.41, 5.74) is 6.03. The Balaban J connectivity index is 0.00000182. The minimum atomic E-state index is 0. The zero-order chi connectivity index (χ0) is 16.7. The molecule has 0 aliphatic heterocycles. The number of hydrogen-bond donors (Lipinski definition) is 1. The minimum absolute atomic E-state index is 0. The van der Waals surface area contributed by atoms with Crippen molar-refractivity contribution in [3.8, 4) is 11.4 Å². The number of aryl methyl sites for hydroxylation is 2. The van der Waals surface area contributed by atoms with Crippen LogP contribution in [0, 0.1) is 13.8 Å². The number of hydrogen-bond acceptors (Lipinski definition) is 4. The third-order valence-corrected chi connectivity index (χ3v) is 4.87. The third-order valence-electron chi connectivity index (χ3n) is 3.86. The van der Waals surface area contributed by atoms with Crippen LogP contribution in [0.4, 0.5) is 10.8 Å². The van der Waals surface area contributed by atoms with Crippen LogP contribution in [0.2, 0.25) is 5.02 Å². The summed E-state index contributed by atoms with van der Waals surface area (Å²) >= 11 is 7.49. The van der Waals surface area contributed by atoms with E-state index in [0.29, 0.717) is 0 Å². The van der Waals surface area contributed by atoms with E-state index in [9.17, 15) is 0 Å². The predicted molar refractivity (Wildman–Crippen MR) is 111 cm³/mol. The van der Waals surface area contributed by atoms with E-state index in [4.69, 9.17) is 16.6 Å². The Morgan fingerprint density at radius 2 is 1.84 bits per heavy atom. The normalized spacial score (nSPS) is 10.7. The number of anilines is 2. The van der Waals surface area contributed by atoms with E-state index in [1.165, 1.54) is 0 Å². The van der Waals surface area contributed by atoms with Gasteiger partial charge in [-0.05, 0) is 49.7 Å². The molecule has 3 heterocycles. The van der Waals surface area contributed by atoms with E-state index in [0.717, 1.165) is 44.1 Å².